The van der Waals surface area contributed by atoms with Crippen molar-refractivity contribution in [3.63, 3.8) is 0 Å². The number of aryl methyl sites for hydroxylation is 1. The first-order chi connectivity index (χ1) is 18.3. The first kappa shape index (κ1) is 30.0. The molecular weight excluding hydrogens is 500 g/mol. The fourth-order valence-electron chi connectivity index (χ4n) is 5.22. The average Bonchev–Trinajstić information content (AvgIpc) is 2.89. The Bertz CT molecular complexity index is 1040. The number of rotatable bonds is 4. The van der Waals surface area contributed by atoms with Crippen molar-refractivity contribution in [2.24, 2.45) is 0 Å². The molecule has 0 aliphatic carbocycles. The molecule has 2 atom stereocenters. The number of likely N-dealkylation sites (N-methyl/N-ethyl adjacent to an activating group) is 1. The third kappa shape index (κ3) is 9.02. The number of nitrogens with zero attached hydrogens (tertiary/aromatic N) is 2. The summed E-state index contributed by atoms with van der Waals surface area (Å²) >= 11 is 6.35. The number of carbonyl (C=O) groups is 2. The molecule has 1 amide bonds. The van der Waals surface area contributed by atoms with Gasteiger partial charge in [-0.25, -0.2) is 0 Å². The van der Waals surface area contributed by atoms with Crippen molar-refractivity contribution in [3.8, 4) is 5.75 Å². The van der Waals surface area contributed by atoms with Crippen molar-refractivity contribution in [1.29, 1.82) is 0 Å². The van der Waals surface area contributed by atoms with E-state index in [0.717, 1.165) is 63.1 Å². The fraction of sp³-hybridized carbons (Fsp3) is 0.548. The van der Waals surface area contributed by atoms with Crippen LogP contribution in [0.3, 0.4) is 0 Å². The third-order valence-electron chi connectivity index (χ3n) is 7.47. The monoisotopic (exact) mass is 542 g/mol. The van der Waals surface area contributed by atoms with E-state index in [0.29, 0.717) is 24.5 Å². The molecule has 2 aromatic carbocycles. The van der Waals surface area contributed by atoms with Crippen LogP contribution in [0.5, 0.6) is 5.75 Å². The largest absolute Gasteiger partial charge is 0.493 e. The van der Waals surface area contributed by atoms with Crippen LogP contribution in [0, 0.1) is 0 Å². The molecule has 4 rings (SSSR count). The molecule has 0 radical (unpaired) electrons. The zero-order valence-corrected chi connectivity index (χ0v) is 23.9. The van der Waals surface area contributed by atoms with E-state index < -0.39 is 11.9 Å². The average molecular weight is 543 g/mol. The van der Waals surface area contributed by atoms with Crippen LogP contribution in [-0.2, 0) is 16.0 Å². The molecule has 0 saturated heterocycles. The van der Waals surface area contributed by atoms with E-state index in [1.165, 1.54) is 11.1 Å². The lowest BCUT2D eigenvalue weighted by molar-refractivity contribution is -0.142. The highest BCUT2D eigenvalue weighted by molar-refractivity contribution is 6.30. The van der Waals surface area contributed by atoms with E-state index in [-0.39, 0.29) is 18.2 Å². The maximum Gasteiger partial charge on any atom is 0.311 e. The van der Waals surface area contributed by atoms with Gasteiger partial charge in [-0.1, -0.05) is 62.4 Å². The summed E-state index contributed by atoms with van der Waals surface area (Å²) in [7, 11) is 3.94. The number of hydrogen-bond acceptors (Lipinski definition) is 4. The van der Waals surface area contributed by atoms with Crippen LogP contribution in [0.1, 0.15) is 80.4 Å². The summed E-state index contributed by atoms with van der Waals surface area (Å²) in [5.74, 6) is -1.14. The molecule has 6 nitrogen and oxygen atoms in total. The van der Waals surface area contributed by atoms with Crippen LogP contribution in [0.4, 0.5) is 0 Å². The van der Waals surface area contributed by atoms with Gasteiger partial charge in [0.1, 0.15) is 5.75 Å². The number of benzene rings is 2. The zero-order valence-electron chi connectivity index (χ0n) is 23.1. The van der Waals surface area contributed by atoms with E-state index in [9.17, 15) is 14.7 Å². The quantitative estimate of drug-likeness (QED) is 0.486. The summed E-state index contributed by atoms with van der Waals surface area (Å²) in [6, 6.07) is 13.4. The SMILES string of the molecule is CCCc1cc(Cl)ccc1C1COc2ccc(cc2)C(C(=O)O)CC(=O)N(C)CCCCCCCN(C)C1. The normalized spacial score (nSPS) is 21.2. The number of aliphatic carboxylic acids is 1. The molecule has 7 heteroatoms. The lowest BCUT2D eigenvalue weighted by Gasteiger charge is -2.27. The van der Waals surface area contributed by atoms with Crippen molar-refractivity contribution in [2.75, 3.05) is 40.3 Å². The van der Waals surface area contributed by atoms with Crippen LogP contribution in [0.25, 0.3) is 0 Å². The van der Waals surface area contributed by atoms with Gasteiger partial charge in [-0.15, -0.1) is 0 Å². The summed E-state index contributed by atoms with van der Waals surface area (Å²) in [5.41, 5.74) is 3.15. The Morgan fingerprint density at radius 3 is 2.39 bits per heavy atom. The smallest absolute Gasteiger partial charge is 0.311 e. The minimum atomic E-state index is -0.989. The molecule has 2 bridgehead atoms. The summed E-state index contributed by atoms with van der Waals surface area (Å²) in [6.45, 7) is 5.24. The first-order valence-corrected chi connectivity index (χ1v) is 14.3. The number of carbonyl (C=O) groups excluding carboxylic acids is 1. The molecule has 0 saturated carbocycles. The van der Waals surface area contributed by atoms with Crippen LogP contribution in [0.2, 0.25) is 5.02 Å². The van der Waals surface area contributed by atoms with Gasteiger partial charge in [0.25, 0.3) is 0 Å². The second-order valence-electron chi connectivity index (χ2n) is 10.6. The molecular formula is C31H43ClN2O4. The van der Waals surface area contributed by atoms with Crippen molar-refractivity contribution < 1.29 is 19.4 Å². The predicted molar refractivity (Wildman–Crippen MR) is 153 cm³/mol. The third-order valence-corrected chi connectivity index (χ3v) is 7.70. The molecule has 2 aliphatic heterocycles. The molecule has 2 aliphatic rings. The van der Waals surface area contributed by atoms with Crippen molar-refractivity contribution in [2.45, 2.75) is 70.1 Å². The second-order valence-corrected chi connectivity index (χ2v) is 11.0. The molecule has 38 heavy (non-hydrogen) atoms. The molecule has 208 valence electrons. The van der Waals surface area contributed by atoms with E-state index in [4.69, 9.17) is 16.3 Å². The standard InChI is InChI=1S/C31H43ClN2O4/c1-4-10-24-19-26(32)13-16-28(24)25-21-33(2)17-8-6-5-7-9-18-34(3)30(35)20-29(31(36)37)23-11-14-27(15-12-23)38-22-25/h11-16,19,25,29H,4-10,17-18,20-22H2,1-3H3,(H,36,37). The fourth-order valence-corrected chi connectivity index (χ4v) is 5.42. The minimum absolute atomic E-state index is 0.0444. The minimum Gasteiger partial charge on any atom is -0.493 e. The summed E-state index contributed by atoms with van der Waals surface area (Å²) < 4.78 is 6.27. The van der Waals surface area contributed by atoms with Gasteiger partial charge in [-0.3, -0.25) is 9.59 Å². The Balaban J connectivity index is 1.85. The van der Waals surface area contributed by atoms with Crippen molar-refractivity contribution >= 4 is 23.5 Å². The highest BCUT2D eigenvalue weighted by Gasteiger charge is 2.25. The number of ether oxygens (including phenoxy) is 1. The Morgan fingerprint density at radius 1 is 1.03 bits per heavy atom. The summed E-state index contributed by atoms with van der Waals surface area (Å²) in [6.07, 6.45) is 7.37. The van der Waals surface area contributed by atoms with Gasteiger partial charge in [-0.05, 0) is 73.8 Å². The van der Waals surface area contributed by atoms with Gasteiger partial charge in [0.15, 0.2) is 0 Å². The van der Waals surface area contributed by atoms with Gasteiger partial charge < -0.3 is 19.6 Å². The molecule has 0 aromatic heterocycles. The van der Waals surface area contributed by atoms with Crippen LogP contribution in [0.15, 0.2) is 42.5 Å². The van der Waals surface area contributed by atoms with E-state index in [1.54, 1.807) is 24.1 Å². The summed E-state index contributed by atoms with van der Waals surface area (Å²) in [4.78, 5) is 28.8. The number of fused-ring (bicyclic) bond motifs is 17. The molecule has 0 spiro atoms. The lowest BCUT2D eigenvalue weighted by atomic mass is 9.92. The maximum atomic E-state index is 12.7. The van der Waals surface area contributed by atoms with Gasteiger partial charge >= 0.3 is 5.97 Å². The zero-order chi connectivity index (χ0) is 27.5. The van der Waals surface area contributed by atoms with Gasteiger partial charge in [0, 0.05) is 37.5 Å². The summed E-state index contributed by atoms with van der Waals surface area (Å²) in [5, 5.41) is 10.6. The predicted octanol–water partition coefficient (Wildman–Crippen LogP) is 6.37. The molecule has 2 aromatic rings. The Hall–Kier alpha value is -2.57. The van der Waals surface area contributed by atoms with Gasteiger partial charge in [0.2, 0.25) is 5.91 Å². The molecule has 1 N–H and O–H groups in total. The highest BCUT2D eigenvalue weighted by Crippen LogP contribution is 2.28. The number of amides is 1. The van der Waals surface area contributed by atoms with Crippen molar-refractivity contribution in [1.82, 2.24) is 9.80 Å². The van der Waals surface area contributed by atoms with E-state index >= 15 is 0 Å². The second kappa shape index (κ2) is 15.1. The number of halogens is 1. The maximum absolute atomic E-state index is 12.7. The highest BCUT2D eigenvalue weighted by atomic mass is 35.5. The lowest BCUT2D eigenvalue weighted by Crippen LogP contribution is -2.30. The van der Waals surface area contributed by atoms with Crippen LogP contribution >= 0.6 is 11.6 Å². The first-order valence-electron chi connectivity index (χ1n) is 13.9. The molecule has 2 heterocycles. The molecule has 0 fully saturated rings. The van der Waals surface area contributed by atoms with E-state index in [2.05, 4.69) is 31.0 Å². The number of hydrogen-bond donors (Lipinski definition) is 1. The Morgan fingerprint density at radius 2 is 1.71 bits per heavy atom. The number of carboxylic acids is 1. The van der Waals surface area contributed by atoms with E-state index in [1.807, 2.05) is 18.2 Å². The Labute approximate surface area is 232 Å². The van der Waals surface area contributed by atoms with Crippen LogP contribution in [-0.4, -0.2) is 67.1 Å². The van der Waals surface area contributed by atoms with Crippen LogP contribution < -0.4 is 4.74 Å². The topological polar surface area (TPSA) is 70.1 Å². The van der Waals surface area contributed by atoms with Gasteiger partial charge in [-0.2, -0.15) is 0 Å². The number of carboxylic acid groups (broad SMARTS) is 1. The van der Waals surface area contributed by atoms with Gasteiger partial charge in [0.05, 0.1) is 12.5 Å². The van der Waals surface area contributed by atoms with Crippen molar-refractivity contribution in [3.05, 3.63) is 64.2 Å². The Kier molecular flexibility index (Phi) is 11.9. The molecule has 2 unspecified atom stereocenters.